The first-order valence-electron chi connectivity index (χ1n) is 8.61. The number of hydrogen-bond acceptors (Lipinski definition) is 3. The number of thioether (sulfide) groups is 1. The predicted octanol–water partition coefficient (Wildman–Crippen LogP) is 6.32. The molecule has 5 rings (SSSR count). The smallest absolute Gasteiger partial charge is 0.128 e. The van der Waals surface area contributed by atoms with E-state index in [4.69, 9.17) is 21.3 Å². The molecule has 0 spiro atoms. The average Bonchev–Trinajstić information content (AvgIpc) is 2.85. The molecule has 0 saturated heterocycles. The predicted molar refractivity (Wildman–Crippen MR) is 108 cm³/mol. The number of rotatable bonds is 1. The molecule has 0 amide bonds. The van der Waals surface area contributed by atoms with Crippen LogP contribution < -0.4 is 4.74 Å². The average molecular weight is 378 g/mol. The fourth-order valence-electron chi connectivity index (χ4n) is 3.59. The van der Waals surface area contributed by atoms with E-state index in [1.807, 2.05) is 48.2 Å². The molecular formula is C22H16ClNOS. The molecule has 2 aliphatic rings. The zero-order valence-electron chi connectivity index (χ0n) is 13.9. The van der Waals surface area contributed by atoms with Gasteiger partial charge in [-0.2, -0.15) is 0 Å². The van der Waals surface area contributed by atoms with Crippen molar-refractivity contribution in [1.29, 1.82) is 0 Å². The molecule has 2 heterocycles. The Balaban J connectivity index is 1.70. The summed E-state index contributed by atoms with van der Waals surface area (Å²) in [5.74, 6) is 1.10. The number of benzene rings is 3. The Kier molecular flexibility index (Phi) is 3.99. The van der Waals surface area contributed by atoms with Crippen molar-refractivity contribution in [2.45, 2.75) is 10.1 Å². The number of fused-ring (bicyclic) bond motifs is 4. The van der Waals surface area contributed by atoms with Crippen LogP contribution >= 0.6 is 23.4 Å². The van der Waals surface area contributed by atoms with Gasteiger partial charge in [0.1, 0.15) is 5.75 Å². The van der Waals surface area contributed by atoms with Crippen molar-refractivity contribution in [2.24, 2.45) is 10.9 Å². The van der Waals surface area contributed by atoms with Gasteiger partial charge in [-0.3, -0.25) is 4.99 Å². The molecule has 0 aromatic heterocycles. The molecule has 0 N–H and O–H groups in total. The van der Waals surface area contributed by atoms with Gasteiger partial charge in [0.15, 0.2) is 0 Å². The van der Waals surface area contributed by atoms with Gasteiger partial charge in [0, 0.05) is 20.7 Å². The van der Waals surface area contributed by atoms with Gasteiger partial charge in [-0.15, -0.1) is 11.8 Å². The number of nitrogens with zero attached hydrogens (tertiary/aromatic N) is 1. The van der Waals surface area contributed by atoms with Crippen molar-refractivity contribution in [2.75, 3.05) is 6.61 Å². The van der Waals surface area contributed by atoms with Gasteiger partial charge < -0.3 is 4.74 Å². The van der Waals surface area contributed by atoms with Crippen LogP contribution in [0.15, 0.2) is 82.7 Å². The molecule has 0 radical (unpaired) electrons. The maximum Gasteiger partial charge on any atom is 0.128 e. The Bertz CT molecular complexity index is 999. The van der Waals surface area contributed by atoms with Crippen LogP contribution in [0.5, 0.6) is 5.75 Å². The lowest BCUT2D eigenvalue weighted by Gasteiger charge is -2.31. The lowest BCUT2D eigenvalue weighted by Crippen LogP contribution is -2.31. The van der Waals surface area contributed by atoms with E-state index in [-0.39, 0.29) is 11.2 Å². The van der Waals surface area contributed by atoms with E-state index in [1.165, 1.54) is 10.5 Å². The fourth-order valence-corrected chi connectivity index (χ4v) is 5.04. The van der Waals surface area contributed by atoms with E-state index in [0.717, 1.165) is 27.7 Å². The molecule has 2 atom stereocenters. The highest BCUT2D eigenvalue weighted by atomic mass is 35.5. The van der Waals surface area contributed by atoms with Gasteiger partial charge in [-0.25, -0.2) is 0 Å². The summed E-state index contributed by atoms with van der Waals surface area (Å²) >= 11 is 7.97. The van der Waals surface area contributed by atoms with Gasteiger partial charge in [0.25, 0.3) is 0 Å². The Morgan fingerprint density at radius 1 is 0.923 bits per heavy atom. The van der Waals surface area contributed by atoms with Crippen molar-refractivity contribution in [3.63, 3.8) is 0 Å². The third-order valence-electron chi connectivity index (χ3n) is 4.86. The SMILES string of the molecule is Clc1ccc(C2Sc3ccccc3N=C3c4ccccc4OCC32)cc1. The number of aliphatic imine (C=N–C) groups is 1. The van der Waals surface area contributed by atoms with E-state index in [1.54, 1.807) is 0 Å². The lowest BCUT2D eigenvalue weighted by atomic mass is 9.88. The van der Waals surface area contributed by atoms with Crippen LogP contribution in [-0.4, -0.2) is 12.3 Å². The molecule has 2 aliphatic heterocycles. The topological polar surface area (TPSA) is 21.6 Å². The molecule has 2 unspecified atom stereocenters. The Morgan fingerprint density at radius 3 is 2.58 bits per heavy atom. The second-order valence-corrected chi connectivity index (χ2v) is 8.09. The molecule has 0 bridgehead atoms. The minimum atomic E-state index is 0.184. The van der Waals surface area contributed by atoms with Crippen LogP contribution in [0.25, 0.3) is 0 Å². The van der Waals surface area contributed by atoms with Crippen LogP contribution in [-0.2, 0) is 0 Å². The summed E-state index contributed by atoms with van der Waals surface area (Å²) in [7, 11) is 0. The van der Waals surface area contributed by atoms with Crippen molar-refractivity contribution in [3.8, 4) is 5.75 Å². The maximum absolute atomic E-state index is 6.11. The Morgan fingerprint density at radius 2 is 1.69 bits per heavy atom. The molecule has 0 saturated carbocycles. The standard InChI is InChI=1S/C22H16ClNOS/c23-15-11-9-14(10-12-15)22-17-13-25-19-7-3-1-5-16(19)21(17)24-18-6-2-4-8-20(18)26-22/h1-12,17,22H,13H2. The molecule has 2 nitrogen and oxygen atoms in total. The van der Waals surface area contributed by atoms with Gasteiger partial charge >= 0.3 is 0 Å². The molecular weight excluding hydrogens is 362 g/mol. The second-order valence-electron chi connectivity index (χ2n) is 6.47. The summed E-state index contributed by atoms with van der Waals surface area (Å²) in [5, 5.41) is 0.981. The third kappa shape index (κ3) is 2.72. The summed E-state index contributed by atoms with van der Waals surface area (Å²) in [5.41, 5.74) is 4.49. The Labute approximate surface area is 161 Å². The molecule has 3 aromatic carbocycles. The number of para-hydroxylation sites is 2. The molecule has 3 aromatic rings. The summed E-state index contributed by atoms with van der Waals surface area (Å²) in [4.78, 5) is 6.29. The highest BCUT2D eigenvalue weighted by molar-refractivity contribution is 7.99. The van der Waals surface area contributed by atoms with Crippen molar-refractivity contribution >= 4 is 34.8 Å². The summed E-state index contributed by atoms with van der Waals surface area (Å²) < 4.78 is 6.10. The van der Waals surface area contributed by atoms with Crippen LogP contribution in [0.4, 0.5) is 5.69 Å². The van der Waals surface area contributed by atoms with Crippen LogP contribution in [0.1, 0.15) is 16.4 Å². The van der Waals surface area contributed by atoms with Crippen LogP contribution in [0, 0.1) is 5.92 Å². The minimum Gasteiger partial charge on any atom is -0.492 e. The van der Waals surface area contributed by atoms with Crippen LogP contribution in [0.2, 0.25) is 5.02 Å². The lowest BCUT2D eigenvalue weighted by molar-refractivity contribution is 0.271. The summed E-state index contributed by atoms with van der Waals surface area (Å²) in [6.45, 7) is 0.629. The van der Waals surface area contributed by atoms with Gasteiger partial charge in [-0.05, 0) is 42.0 Å². The number of hydrogen-bond donors (Lipinski definition) is 0. The Hall–Kier alpha value is -2.23. The first-order chi connectivity index (χ1) is 12.8. The van der Waals surface area contributed by atoms with Crippen molar-refractivity contribution in [1.82, 2.24) is 0 Å². The highest BCUT2D eigenvalue weighted by Crippen LogP contribution is 2.50. The quantitative estimate of drug-likeness (QED) is 0.495. The van der Waals surface area contributed by atoms with Gasteiger partial charge in [0.2, 0.25) is 0 Å². The van der Waals surface area contributed by atoms with E-state index in [0.29, 0.717) is 6.61 Å². The second kappa shape index (κ2) is 6.49. The van der Waals surface area contributed by atoms with Crippen molar-refractivity contribution in [3.05, 3.63) is 88.9 Å². The zero-order valence-corrected chi connectivity index (χ0v) is 15.5. The fraction of sp³-hybridized carbons (Fsp3) is 0.136. The van der Waals surface area contributed by atoms with Gasteiger partial charge in [-0.1, -0.05) is 48.0 Å². The summed E-state index contributed by atoms with van der Waals surface area (Å²) in [6, 6.07) is 24.7. The normalized spacial score (nSPS) is 20.7. The highest BCUT2D eigenvalue weighted by Gasteiger charge is 2.37. The van der Waals surface area contributed by atoms with E-state index in [2.05, 4.69) is 36.4 Å². The molecule has 26 heavy (non-hydrogen) atoms. The maximum atomic E-state index is 6.11. The van der Waals surface area contributed by atoms with E-state index < -0.39 is 0 Å². The summed E-state index contributed by atoms with van der Waals surface area (Å²) in [6.07, 6.45) is 0. The monoisotopic (exact) mass is 377 g/mol. The first kappa shape index (κ1) is 16.0. The number of halogens is 1. The molecule has 0 aliphatic carbocycles. The molecule has 128 valence electrons. The minimum absolute atomic E-state index is 0.184. The molecule has 0 fully saturated rings. The van der Waals surface area contributed by atoms with Crippen molar-refractivity contribution < 1.29 is 4.74 Å². The number of ether oxygens (including phenoxy) is 1. The van der Waals surface area contributed by atoms with E-state index in [9.17, 15) is 0 Å². The zero-order chi connectivity index (χ0) is 17.5. The third-order valence-corrected chi connectivity index (χ3v) is 6.56. The largest absolute Gasteiger partial charge is 0.492 e. The van der Waals surface area contributed by atoms with E-state index >= 15 is 0 Å². The van der Waals surface area contributed by atoms with Gasteiger partial charge in [0.05, 0.1) is 23.9 Å². The van der Waals surface area contributed by atoms with Crippen LogP contribution in [0.3, 0.4) is 0 Å². The molecule has 4 heteroatoms. The first-order valence-corrected chi connectivity index (χ1v) is 9.87.